The molecule has 0 aromatic heterocycles. The van der Waals surface area contributed by atoms with Crippen LogP contribution < -0.4 is 5.32 Å². The molecule has 0 heterocycles. The summed E-state index contributed by atoms with van der Waals surface area (Å²) >= 11 is 0. The Balaban J connectivity index is 2.99. The monoisotopic (exact) mass is 231 g/mol. The Labute approximate surface area is 101 Å². The summed E-state index contributed by atoms with van der Waals surface area (Å²) in [6.45, 7) is 12.8. The van der Waals surface area contributed by atoms with Crippen LogP contribution in [0.3, 0.4) is 0 Å². The van der Waals surface area contributed by atoms with E-state index in [9.17, 15) is 0 Å². The van der Waals surface area contributed by atoms with Crippen LogP contribution in [0.25, 0.3) is 0 Å². The van der Waals surface area contributed by atoms with E-state index in [0.29, 0.717) is 0 Å². The molecule has 0 aliphatic carbocycles. The highest BCUT2D eigenvalue weighted by atomic mass is 16.5. The van der Waals surface area contributed by atoms with Gasteiger partial charge in [0.15, 0.2) is 0 Å². The Morgan fingerprint density at radius 1 is 0.875 bits per heavy atom. The lowest BCUT2D eigenvalue weighted by molar-refractivity contribution is 0.0513. The summed E-state index contributed by atoms with van der Waals surface area (Å²) in [7, 11) is 0. The van der Waals surface area contributed by atoms with Crippen molar-refractivity contribution < 1.29 is 9.47 Å². The zero-order valence-electron chi connectivity index (χ0n) is 11.5. The predicted molar refractivity (Wildman–Crippen MR) is 68.9 cm³/mol. The zero-order chi connectivity index (χ0) is 12.3. The molecule has 0 aliphatic rings. The molecule has 0 atom stereocenters. The van der Waals surface area contributed by atoms with Crippen molar-refractivity contribution in [1.82, 2.24) is 5.32 Å². The Bertz CT molecular complexity index is 143. The van der Waals surface area contributed by atoms with Crippen LogP contribution in [0.1, 0.15) is 47.0 Å². The van der Waals surface area contributed by atoms with Crippen LogP contribution in [0.5, 0.6) is 0 Å². The second-order valence-corrected chi connectivity index (χ2v) is 5.05. The second-order valence-electron chi connectivity index (χ2n) is 5.05. The van der Waals surface area contributed by atoms with Gasteiger partial charge < -0.3 is 14.8 Å². The standard InChI is InChI=1S/C13H29NO2/c1-5-15-11-12-16-10-8-6-7-9-14-13(2,3)4/h14H,5-12H2,1-4H3. The maximum Gasteiger partial charge on any atom is 0.0700 e. The van der Waals surface area contributed by atoms with E-state index in [1.54, 1.807) is 0 Å². The van der Waals surface area contributed by atoms with Crippen LogP contribution in [0.2, 0.25) is 0 Å². The van der Waals surface area contributed by atoms with Gasteiger partial charge in [-0.25, -0.2) is 0 Å². The highest BCUT2D eigenvalue weighted by Gasteiger charge is 2.06. The Morgan fingerprint density at radius 3 is 2.19 bits per heavy atom. The van der Waals surface area contributed by atoms with Crippen molar-refractivity contribution in [2.24, 2.45) is 0 Å². The smallest absolute Gasteiger partial charge is 0.0700 e. The first-order chi connectivity index (χ1) is 7.56. The quantitative estimate of drug-likeness (QED) is 0.586. The number of rotatable bonds is 10. The van der Waals surface area contributed by atoms with Crippen molar-refractivity contribution in [1.29, 1.82) is 0 Å². The maximum atomic E-state index is 5.44. The molecule has 0 amide bonds. The Morgan fingerprint density at radius 2 is 1.56 bits per heavy atom. The lowest BCUT2D eigenvalue weighted by atomic mass is 10.1. The molecule has 0 spiro atoms. The maximum absolute atomic E-state index is 5.44. The molecule has 0 bridgehead atoms. The number of unbranched alkanes of at least 4 members (excludes halogenated alkanes) is 2. The topological polar surface area (TPSA) is 30.5 Å². The average molecular weight is 231 g/mol. The lowest BCUT2D eigenvalue weighted by Gasteiger charge is -2.20. The Hall–Kier alpha value is -0.120. The summed E-state index contributed by atoms with van der Waals surface area (Å²) in [6, 6.07) is 0. The van der Waals surface area contributed by atoms with E-state index in [-0.39, 0.29) is 5.54 Å². The van der Waals surface area contributed by atoms with Gasteiger partial charge in [-0.05, 0) is 53.5 Å². The largest absolute Gasteiger partial charge is 0.379 e. The minimum Gasteiger partial charge on any atom is -0.379 e. The van der Waals surface area contributed by atoms with Crippen LogP contribution in [-0.2, 0) is 9.47 Å². The molecule has 0 saturated heterocycles. The van der Waals surface area contributed by atoms with Gasteiger partial charge >= 0.3 is 0 Å². The first-order valence-corrected chi connectivity index (χ1v) is 6.47. The molecule has 0 aliphatic heterocycles. The summed E-state index contributed by atoms with van der Waals surface area (Å²) in [5, 5.41) is 3.48. The fourth-order valence-corrected chi connectivity index (χ4v) is 1.33. The van der Waals surface area contributed by atoms with Gasteiger partial charge in [0.2, 0.25) is 0 Å². The molecule has 0 fully saturated rings. The van der Waals surface area contributed by atoms with Crippen molar-refractivity contribution >= 4 is 0 Å². The van der Waals surface area contributed by atoms with Gasteiger partial charge in [-0.2, -0.15) is 0 Å². The van der Waals surface area contributed by atoms with E-state index in [0.717, 1.165) is 39.4 Å². The predicted octanol–water partition coefficient (Wildman–Crippen LogP) is 2.60. The third kappa shape index (κ3) is 13.9. The lowest BCUT2D eigenvalue weighted by Crippen LogP contribution is -2.36. The zero-order valence-corrected chi connectivity index (χ0v) is 11.5. The number of hydrogen-bond donors (Lipinski definition) is 1. The summed E-state index contributed by atoms with van der Waals surface area (Å²) in [5.74, 6) is 0. The van der Waals surface area contributed by atoms with Crippen molar-refractivity contribution in [3.63, 3.8) is 0 Å². The van der Waals surface area contributed by atoms with Gasteiger partial charge in [-0.1, -0.05) is 0 Å². The van der Waals surface area contributed by atoms with E-state index >= 15 is 0 Å². The number of nitrogens with one attached hydrogen (secondary N) is 1. The third-order valence-corrected chi connectivity index (χ3v) is 2.20. The molecule has 0 aromatic rings. The summed E-state index contributed by atoms with van der Waals surface area (Å²) in [4.78, 5) is 0. The van der Waals surface area contributed by atoms with Crippen molar-refractivity contribution in [2.45, 2.75) is 52.5 Å². The SMILES string of the molecule is CCOCCOCCCCCNC(C)(C)C. The molecule has 0 aromatic carbocycles. The van der Waals surface area contributed by atoms with E-state index in [4.69, 9.17) is 9.47 Å². The molecule has 3 nitrogen and oxygen atoms in total. The summed E-state index contributed by atoms with van der Waals surface area (Å²) in [5.41, 5.74) is 0.244. The van der Waals surface area contributed by atoms with Gasteiger partial charge in [-0.3, -0.25) is 0 Å². The summed E-state index contributed by atoms with van der Waals surface area (Å²) < 4.78 is 10.6. The van der Waals surface area contributed by atoms with Gasteiger partial charge in [0.25, 0.3) is 0 Å². The molecular formula is C13H29NO2. The molecular weight excluding hydrogens is 202 g/mol. The Kier molecular flexibility index (Phi) is 9.99. The molecule has 0 unspecified atom stereocenters. The van der Waals surface area contributed by atoms with Crippen LogP contribution in [0.4, 0.5) is 0 Å². The summed E-state index contributed by atoms with van der Waals surface area (Å²) in [6.07, 6.45) is 3.61. The molecule has 3 heteroatoms. The van der Waals surface area contributed by atoms with Crippen LogP contribution in [0, 0.1) is 0 Å². The van der Waals surface area contributed by atoms with Crippen LogP contribution in [0.15, 0.2) is 0 Å². The van der Waals surface area contributed by atoms with E-state index < -0.39 is 0 Å². The first-order valence-electron chi connectivity index (χ1n) is 6.47. The number of ether oxygens (including phenoxy) is 2. The molecule has 98 valence electrons. The minimum atomic E-state index is 0.244. The number of hydrogen-bond acceptors (Lipinski definition) is 3. The van der Waals surface area contributed by atoms with Crippen LogP contribution in [-0.4, -0.2) is 38.5 Å². The highest BCUT2D eigenvalue weighted by molar-refractivity contribution is 4.69. The molecule has 16 heavy (non-hydrogen) atoms. The van der Waals surface area contributed by atoms with Gasteiger partial charge in [0.05, 0.1) is 13.2 Å². The highest BCUT2D eigenvalue weighted by Crippen LogP contribution is 2.00. The molecule has 1 N–H and O–H groups in total. The van der Waals surface area contributed by atoms with E-state index in [1.807, 2.05) is 6.92 Å². The van der Waals surface area contributed by atoms with Crippen molar-refractivity contribution in [3.8, 4) is 0 Å². The first kappa shape index (κ1) is 15.9. The van der Waals surface area contributed by atoms with Gasteiger partial charge in [0, 0.05) is 18.8 Å². The second kappa shape index (κ2) is 10.1. The molecule has 0 saturated carbocycles. The molecule has 0 radical (unpaired) electrons. The van der Waals surface area contributed by atoms with Crippen molar-refractivity contribution in [3.05, 3.63) is 0 Å². The third-order valence-electron chi connectivity index (χ3n) is 2.20. The average Bonchev–Trinajstić information content (AvgIpc) is 2.19. The normalized spacial score (nSPS) is 12.0. The van der Waals surface area contributed by atoms with E-state index in [2.05, 4.69) is 26.1 Å². The fraction of sp³-hybridized carbons (Fsp3) is 1.00. The fourth-order valence-electron chi connectivity index (χ4n) is 1.33. The minimum absolute atomic E-state index is 0.244. The van der Waals surface area contributed by atoms with E-state index in [1.165, 1.54) is 12.8 Å². The van der Waals surface area contributed by atoms with Gasteiger partial charge in [-0.15, -0.1) is 0 Å². The van der Waals surface area contributed by atoms with Gasteiger partial charge in [0.1, 0.15) is 0 Å². The van der Waals surface area contributed by atoms with Crippen LogP contribution >= 0.6 is 0 Å². The van der Waals surface area contributed by atoms with Crippen molar-refractivity contribution in [2.75, 3.05) is 33.0 Å². The molecule has 0 rings (SSSR count).